The number of fused-ring (bicyclic) bond motifs is 1. The monoisotopic (exact) mass is 304 g/mol. The van der Waals surface area contributed by atoms with Crippen LogP contribution in [0.1, 0.15) is 23.7 Å². The molecule has 0 aliphatic carbocycles. The Labute approximate surface area is 129 Å². The Morgan fingerprint density at radius 2 is 1.59 bits per heavy atom. The zero-order chi connectivity index (χ0) is 15.5. The largest absolute Gasteiger partial charge is 0.490 e. The van der Waals surface area contributed by atoms with Crippen molar-refractivity contribution in [3.8, 4) is 11.5 Å². The quantitative estimate of drug-likeness (QED) is 0.781. The molecule has 0 aromatic heterocycles. The third-order valence-electron chi connectivity index (χ3n) is 4.01. The maximum Gasteiger partial charge on any atom is 0.254 e. The number of rotatable bonds is 1. The van der Waals surface area contributed by atoms with E-state index in [9.17, 15) is 9.59 Å². The van der Waals surface area contributed by atoms with Gasteiger partial charge in [0.25, 0.3) is 5.91 Å². The molecule has 0 N–H and O–H groups in total. The van der Waals surface area contributed by atoms with Gasteiger partial charge in [0.05, 0.1) is 13.2 Å². The summed E-state index contributed by atoms with van der Waals surface area (Å²) in [5.74, 6) is 1.35. The lowest BCUT2D eigenvalue weighted by Gasteiger charge is -2.34. The molecule has 1 aromatic carbocycles. The highest BCUT2D eigenvalue weighted by Crippen LogP contribution is 2.30. The number of benzene rings is 1. The minimum atomic E-state index is -0.0288. The van der Waals surface area contributed by atoms with E-state index in [1.807, 2.05) is 0 Å². The molecule has 118 valence electrons. The number of carbonyl (C=O) groups is 2. The van der Waals surface area contributed by atoms with Crippen LogP contribution in [0, 0.1) is 0 Å². The molecule has 0 spiro atoms. The summed E-state index contributed by atoms with van der Waals surface area (Å²) in [4.78, 5) is 27.4. The average molecular weight is 304 g/mol. The molecule has 1 saturated heterocycles. The molecule has 2 amide bonds. The Balaban J connectivity index is 1.70. The molecule has 3 rings (SSSR count). The Hall–Kier alpha value is -2.24. The van der Waals surface area contributed by atoms with Crippen molar-refractivity contribution in [1.29, 1.82) is 0 Å². The zero-order valence-electron chi connectivity index (χ0n) is 12.7. The summed E-state index contributed by atoms with van der Waals surface area (Å²) in [7, 11) is 0. The van der Waals surface area contributed by atoms with E-state index in [0.29, 0.717) is 56.5 Å². The summed E-state index contributed by atoms with van der Waals surface area (Å²) >= 11 is 0. The van der Waals surface area contributed by atoms with Gasteiger partial charge in [-0.3, -0.25) is 9.59 Å². The van der Waals surface area contributed by atoms with Crippen LogP contribution in [0.3, 0.4) is 0 Å². The van der Waals surface area contributed by atoms with Gasteiger partial charge >= 0.3 is 0 Å². The van der Waals surface area contributed by atoms with Gasteiger partial charge in [-0.25, -0.2) is 0 Å². The first-order chi connectivity index (χ1) is 10.6. The van der Waals surface area contributed by atoms with E-state index >= 15 is 0 Å². The highest BCUT2D eigenvalue weighted by Gasteiger charge is 2.24. The van der Waals surface area contributed by atoms with Crippen molar-refractivity contribution in [2.45, 2.75) is 13.3 Å². The summed E-state index contributed by atoms with van der Waals surface area (Å²) in [6.07, 6.45) is 0.838. The van der Waals surface area contributed by atoms with Gasteiger partial charge in [-0.15, -0.1) is 0 Å². The van der Waals surface area contributed by atoms with Gasteiger partial charge < -0.3 is 19.3 Å². The molecule has 0 saturated carbocycles. The van der Waals surface area contributed by atoms with Crippen LogP contribution in [0.5, 0.6) is 11.5 Å². The summed E-state index contributed by atoms with van der Waals surface area (Å²) in [6.45, 7) is 5.09. The van der Waals surface area contributed by atoms with Crippen LogP contribution in [-0.2, 0) is 4.79 Å². The Morgan fingerprint density at radius 1 is 0.955 bits per heavy atom. The van der Waals surface area contributed by atoms with Crippen molar-refractivity contribution < 1.29 is 19.1 Å². The third-order valence-corrected chi connectivity index (χ3v) is 4.01. The van der Waals surface area contributed by atoms with Crippen LogP contribution >= 0.6 is 0 Å². The summed E-state index contributed by atoms with van der Waals surface area (Å²) in [5, 5.41) is 0. The Morgan fingerprint density at radius 3 is 2.27 bits per heavy atom. The topological polar surface area (TPSA) is 59.1 Å². The van der Waals surface area contributed by atoms with Gasteiger partial charge in [0.1, 0.15) is 0 Å². The zero-order valence-corrected chi connectivity index (χ0v) is 12.7. The number of nitrogens with zero attached hydrogens (tertiary/aromatic N) is 2. The highest BCUT2D eigenvalue weighted by atomic mass is 16.5. The molecule has 2 heterocycles. The van der Waals surface area contributed by atoms with Gasteiger partial charge in [-0.1, -0.05) is 0 Å². The lowest BCUT2D eigenvalue weighted by molar-refractivity contribution is -0.130. The van der Waals surface area contributed by atoms with E-state index in [2.05, 4.69) is 0 Å². The summed E-state index contributed by atoms with van der Waals surface area (Å²) in [6, 6.07) is 5.31. The highest BCUT2D eigenvalue weighted by molar-refractivity contribution is 5.95. The fourth-order valence-electron chi connectivity index (χ4n) is 2.70. The minimum absolute atomic E-state index is 0.0288. The lowest BCUT2D eigenvalue weighted by Crippen LogP contribution is -2.50. The molecule has 0 atom stereocenters. The summed E-state index contributed by atoms with van der Waals surface area (Å²) in [5.41, 5.74) is 0.598. The molecule has 0 unspecified atom stereocenters. The molecule has 0 radical (unpaired) electrons. The third kappa shape index (κ3) is 3.00. The normalized spacial score (nSPS) is 17.9. The van der Waals surface area contributed by atoms with Gasteiger partial charge in [-0.2, -0.15) is 0 Å². The van der Waals surface area contributed by atoms with Gasteiger partial charge in [0.15, 0.2) is 11.5 Å². The number of hydrogen-bond acceptors (Lipinski definition) is 4. The fourth-order valence-corrected chi connectivity index (χ4v) is 2.70. The molecule has 1 fully saturated rings. The first-order valence-corrected chi connectivity index (χ1v) is 7.59. The Bertz CT molecular complexity index is 580. The second kappa shape index (κ2) is 6.25. The predicted molar refractivity (Wildman–Crippen MR) is 80.2 cm³/mol. The van der Waals surface area contributed by atoms with Crippen molar-refractivity contribution >= 4 is 11.8 Å². The SMILES string of the molecule is CC(=O)N1CCN(C(=O)c2ccc3c(c2)OCCCO3)CC1. The smallest absolute Gasteiger partial charge is 0.254 e. The molecule has 22 heavy (non-hydrogen) atoms. The number of hydrogen-bond donors (Lipinski definition) is 0. The van der Waals surface area contributed by atoms with Crippen LogP contribution in [0.2, 0.25) is 0 Å². The lowest BCUT2D eigenvalue weighted by atomic mass is 10.1. The van der Waals surface area contributed by atoms with Crippen LogP contribution in [0.4, 0.5) is 0 Å². The number of ether oxygens (including phenoxy) is 2. The second-order valence-corrected chi connectivity index (χ2v) is 5.51. The van der Waals surface area contributed by atoms with Crippen molar-refractivity contribution in [3.63, 3.8) is 0 Å². The Kier molecular flexibility index (Phi) is 4.18. The predicted octanol–water partition coefficient (Wildman–Crippen LogP) is 1.15. The molecule has 6 heteroatoms. The summed E-state index contributed by atoms with van der Waals surface area (Å²) < 4.78 is 11.2. The molecular weight excluding hydrogens is 284 g/mol. The van der Waals surface area contributed by atoms with E-state index in [4.69, 9.17) is 9.47 Å². The van der Waals surface area contributed by atoms with Crippen molar-refractivity contribution in [2.24, 2.45) is 0 Å². The van der Waals surface area contributed by atoms with Crippen molar-refractivity contribution in [3.05, 3.63) is 23.8 Å². The average Bonchev–Trinajstić information content (AvgIpc) is 2.78. The molecule has 2 aliphatic rings. The van der Waals surface area contributed by atoms with Crippen LogP contribution in [0.15, 0.2) is 18.2 Å². The number of piperazine rings is 1. The van der Waals surface area contributed by atoms with E-state index < -0.39 is 0 Å². The van der Waals surface area contributed by atoms with E-state index in [1.165, 1.54) is 0 Å². The molecule has 0 bridgehead atoms. The van der Waals surface area contributed by atoms with E-state index in [1.54, 1.807) is 34.9 Å². The number of carbonyl (C=O) groups excluding carboxylic acids is 2. The van der Waals surface area contributed by atoms with Gasteiger partial charge in [0, 0.05) is 45.1 Å². The first kappa shape index (κ1) is 14.7. The van der Waals surface area contributed by atoms with E-state index in [-0.39, 0.29) is 11.8 Å². The molecule has 1 aromatic rings. The van der Waals surface area contributed by atoms with Gasteiger partial charge in [0.2, 0.25) is 5.91 Å². The van der Waals surface area contributed by atoms with E-state index in [0.717, 1.165) is 6.42 Å². The van der Waals surface area contributed by atoms with Gasteiger partial charge in [-0.05, 0) is 18.2 Å². The van der Waals surface area contributed by atoms with Crippen molar-refractivity contribution in [1.82, 2.24) is 9.80 Å². The molecular formula is C16H20N2O4. The van der Waals surface area contributed by atoms with Crippen LogP contribution < -0.4 is 9.47 Å². The maximum atomic E-state index is 12.6. The van der Waals surface area contributed by atoms with Crippen LogP contribution in [0.25, 0.3) is 0 Å². The van der Waals surface area contributed by atoms with Crippen LogP contribution in [-0.4, -0.2) is 61.0 Å². The standard InChI is InChI=1S/C16H20N2O4/c1-12(19)17-5-7-18(8-6-17)16(20)13-3-4-14-15(11-13)22-10-2-9-21-14/h3-4,11H,2,5-10H2,1H3. The fraction of sp³-hybridized carbons (Fsp3) is 0.500. The number of amides is 2. The minimum Gasteiger partial charge on any atom is -0.490 e. The molecule has 2 aliphatic heterocycles. The van der Waals surface area contributed by atoms with Crippen molar-refractivity contribution in [2.75, 3.05) is 39.4 Å². The second-order valence-electron chi connectivity index (χ2n) is 5.51. The maximum absolute atomic E-state index is 12.6. The first-order valence-electron chi connectivity index (χ1n) is 7.59. The molecule has 6 nitrogen and oxygen atoms in total.